The van der Waals surface area contributed by atoms with Gasteiger partial charge in [0.05, 0.1) is 5.69 Å². The van der Waals surface area contributed by atoms with E-state index in [9.17, 15) is 0 Å². The lowest BCUT2D eigenvalue weighted by Crippen LogP contribution is -2.32. The van der Waals surface area contributed by atoms with Crippen molar-refractivity contribution in [2.45, 2.75) is 58.5 Å². The zero-order valence-electron chi connectivity index (χ0n) is 11.4. The van der Waals surface area contributed by atoms with Gasteiger partial charge in [-0.1, -0.05) is 6.42 Å². The Labute approximate surface area is 105 Å². The van der Waals surface area contributed by atoms with Gasteiger partial charge >= 0.3 is 0 Å². The summed E-state index contributed by atoms with van der Waals surface area (Å²) in [5, 5.41) is 7.97. The van der Waals surface area contributed by atoms with Crippen molar-refractivity contribution in [2.24, 2.45) is 5.92 Å². The third kappa shape index (κ3) is 3.09. The average Bonchev–Trinajstić information content (AvgIpc) is 2.69. The highest BCUT2D eigenvalue weighted by atomic mass is 15.3. The summed E-state index contributed by atoms with van der Waals surface area (Å²) in [4.78, 5) is 0. The lowest BCUT2D eigenvalue weighted by molar-refractivity contribution is 0.290. The summed E-state index contributed by atoms with van der Waals surface area (Å²) in [5.74, 6) is 0.836. The van der Waals surface area contributed by atoms with E-state index in [0.717, 1.165) is 24.2 Å². The molecule has 0 bridgehead atoms. The van der Waals surface area contributed by atoms with E-state index in [1.807, 2.05) is 0 Å². The zero-order valence-corrected chi connectivity index (χ0v) is 11.4. The summed E-state index contributed by atoms with van der Waals surface area (Å²) < 4.78 is 2.16. The first kappa shape index (κ1) is 12.6. The maximum Gasteiger partial charge on any atom is 0.0596 e. The Morgan fingerprint density at radius 1 is 1.47 bits per heavy atom. The van der Waals surface area contributed by atoms with Crippen LogP contribution in [0, 0.1) is 12.8 Å². The lowest BCUT2D eigenvalue weighted by Gasteiger charge is -2.28. The smallest absolute Gasteiger partial charge is 0.0596 e. The van der Waals surface area contributed by atoms with Crippen molar-refractivity contribution < 1.29 is 0 Å². The molecule has 1 heterocycles. The van der Waals surface area contributed by atoms with Crippen molar-refractivity contribution in [1.29, 1.82) is 0 Å². The number of nitrogens with one attached hydrogen (secondary N) is 1. The summed E-state index contributed by atoms with van der Waals surface area (Å²) in [5.41, 5.74) is 2.58. The molecule has 0 radical (unpaired) electrons. The lowest BCUT2D eigenvalue weighted by atomic mass is 9.83. The molecule has 1 N–H and O–H groups in total. The maximum absolute atomic E-state index is 4.53. The van der Waals surface area contributed by atoms with Gasteiger partial charge in [0, 0.05) is 18.3 Å². The fourth-order valence-electron chi connectivity index (χ4n) is 3.07. The first-order chi connectivity index (χ1) is 8.22. The number of aryl methyl sites for hydroxylation is 2. The van der Waals surface area contributed by atoms with Crippen LogP contribution in [0.4, 0.5) is 0 Å². The summed E-state index contributed by atoms with van der Waals surface area (Å²) in [6.45, 7) is 5.26. The molecular weight excluding hydrogens is 210 g/mol. The first-order valence-electron chi connectivity index (χ1n) is 6.93. The molecule has 2 rings (SSSR count). The predicted molar refractivity (Wildman–Crippen MR) is 71.1 cm³/mol. The second-order valence-corrected chi connectivity index (χ2v) is 5.32. The number of aromatic nitrogens is 2. The van der Waals surface area contributed by atoms with Crippen molar-refractivity contribution in [2.75, 3.05) is 7.05 Å². The van der Waals surface area contributed by atoms with E-state index < -0.39 is 0 Å². The van der Waals surface area contributed by atoms with Crippen molar-refractivity contribution in [3.05, 3.63) is 17.5 Å². The summed E-state index contributed by atoms with van der Waals surface area (Å²) in [6, 6.07) is 2.99. The normalized spacial score (nSPS) is 25.1. The second-order valence-electron chi connectivity index (χ2n) is 5.32. The molecule has 1 aromatic rings. The average molecular weight is 235 g/mol. The zero-order chi connectivity index (χ0) is 12.3. The minimum absolute atomic E-state index is 0.729. The van der Waals surface area contributed by atoms with E-state index in [4.69, 9.17) is 0 Å². The van der Waals surface area contributed by atoms with Gasteiger partial charge in [-0.3, -0.25) is 4.68 Å². The van der Waals surface area contributed by atoms with Crippen LogP contribution < -0.4 is 5.32 Å². The standard InChI is InChI=1S/C14H25N3/c1-4-17-14(8-11(2)16-17)10-12-6-5-7-13(9-12)15-3/h8,12-13,15H,4-7,9-10H2,1-3H3. The Kier molecular flexibility index (Phi) is 4.21. The molecule has 0 spiro atoms. The highest BCUT2D eigenvalue weighted by Gasteiger charge is 2.22. The Morgan fingerprint density at radius 2 is 2.29 bits per heavy atom. The molecule has 1 aliphatic carbocycles. The molecule has 3 heteroatoms. The minimum Gasteiger partial charge on any atom is -0.317 e. The monoisotopic (exact) mass is 235 g/mol. The molecule has 0 saturated heterocycles. The second kappa shape index (κ2) is 5.67. The molecule has 0 amide bonds. The third-order valence-corrected chi connectivity index (χ3v) is 3.97. The van der Waals surface area contributed by atoms with Crippen LogP contribution in [0.5, 0.6) is 0 Å². The first-order valence-corrected chi connectivity index (χ1v) is 6.93. The molecule has 0 aliphatic heterocycles. The van der Waals surface area contributed by atoms with Gasteiger partial charge in [0.15, 0.2) is 0 Å². The summed E-state index contributed by atoms with van der Waals surface area (Å²) in [6.07, 6.45) is 6.62. The Morgan fingerprint density at radius 3 is 3.00 bits per heavy atom. The SMILES string of the molecule is CCn1nc(C)cc1CC1CCCC(NC)C1. The molecule has 96 valence electrons. The fraction of sp³-hybridized carbons (Fsp3) is 0.786. The summed E-state index contributed by atoms with van der Waals surface area (Å²) in [7, 11) is 2.09. The quantitative estimate of drug-likeness (QED) is 0.869. The molecular formula is C14H25N3. The topological polar surface area (TPSA) is 29.9 Å². The maximum atomic E-state index is 4.53. The molecule has 1 fully saturated rings. The van der Waals surface area contributed by atoms with E-state index in [1.165, 1.54) is 37.8 Å². The number of rotatable bonds is 4. The molecule has 3 nitrogen and oxygen atoms in total. The van der Waals surface area contributed by atoms with Gasteiger partial charge < -0.3 is 5.32 Å². The fourth-order valence-corrected chi connectivity index (χ4v) is 3.07. The van der Waals surface area contributed by atoms with Gasteiger partial charge in [0.1, 0.15) is 0 Å². The van der Waals surface area contributed by atoms with Crippen LogP contribution in [0.1, 0.15) is 44.0 Å². The highest BCUT2D eigenvalue weighted by Crippen LogP contribution is 2.27. The minimum atomic E-state index is 0.729. The van der Waals surface area contributed by atoms with E-state index in [0.29, 0.717) is 0 Å². The largest absolute Gasteiger partial charge is 0.317 e. The van der Waals surface area contributed by atoms with Crippen LogP contribution in [0.2, 0.25) is 0 Å². The molecule has 2 unspecified atom stereocenters. The van der Waals surface area contributed by atoms with Gasteiger partial charge in [-0.05, 0) is 58.6 Å². The van der Waals surface area contributed by atoms with Crippen LogP contribution in [-0.4, -0.2) is 22.9 Å². The molecule has 1 saturated carbocycles. The van der Waals surface area contributed by atoms with E-state index in [-0.39, 0.29) is 0 Å². The van der Waals surface area contributed by atoms with Crippen LogP contribution in [0.25, 0.3) is 0 Å². The molecule has 17 heavy (non-hydrogen) atoms. The molecule has 1 aliphatic rings. The van der Waals surface area contributed by atoms with Crippen molar-refractivity contribution in [3.63, 3.8) is 0 Å². The van der Waals surface area contributed by atoms with Crippen LogP contribution in [0.15, 0.2) is 6.07 Å². The predicted octanol–water partition coefficient (Wildman–Crippen LogP) is 2.53. The molecule has 2 atom stereocenters. The number of nitrogens with zero attached hydrogens (tertiary/aromatic N) is 2. The summed E-state index contributed by atoms with van der Waals surface area (Å²) >= 11 is 0. The van der Waals surface area contributed by atoms with Crippen LogP contribution >= 0.6 is 0 Å². The van der Waals surface area contributed by atoms with Gasteiger partial charge in [0.2, 0.25) is 0 Å². The number of hydrogen-bond donors (Lipinski definition) is 1. The van der Waals surface area contributed by atoms with E-state index in [2.05, 4.69) is 42.1 Å². The van der Waals surface area contributed by atoms with Crippen LogP contribution in [-0.2, 0) is 13.0 Å². The van der Waals surface area contributed by atoms with Gasteiger partial charge in [-0.25, -0.2) is 0 Å². The molecule has 1 aromatic heterocycles. The third-order valence-electron chi connectivity index (χ3n) is 3.97. The van der Waals surface area contributed by atoms with E-state index in [1.54, 1.807) is 0 Å². The van der Waals surface area contributed by atoms with E-state index >= 15 is 0 Å². The Bertz CT molecular complexity index is 356. The van der Waals surface area contributed by atoms with Crippen molar-refractivity contribution >= 4 is 0 Å². The van der Waals surface area contributed by atoms with Crippen molar-refractivity contribution in [1.82, 2.24) is 15.1 Å². The number of hydrogen-bond acceptors (Lipinski definition) is 2. The van der Waals surface area contributed by atoms with Gasteiger partial charge in [-0.15, -0.1) is 0 Å². The van der Waals surface area contributed by atoms with Gasteiger partial charge in [0.25, 0.3) is 0 Å². The van der Waals surface area contributed by atoms with Crippen LogP contribution in [0.3, 0.4) is 0 Å². The Hall–Kier alpha value is -0.830. The molecule has 0 aromatic carbocycles. The van der Waals surface area contributed by atoms with Gasteiger partial charge in [-0.2, -0.15) is 5.10 Å². The Balaban J connectivity index is 1.99. The highest BCUT2D eigenvalue weighted by molar-refractivity contribution is 5.10. The van der Waals surface area contributed by atoms with Crippen molar-refractivity contribution in [3.8, 4) is 0 Å².